The first kappa shape index (κ1) is 11.7. The molecule has 0 aliphatic heterocycles. The van der Waals surface area contributed by atoms with E-state index < -0.39 is 12.2 Å². The number of hydrogen-bond donors (Lipinski definition) is 2. The van der Waals surface area contributed by atoms with Crippen molar-refractivity contribution < 1.29 is 14.6 Å². The minimum absolute atomic E-state index is 0.163. The van der Waals surface area contributed by atoms with Gasteiger partial charge in [0.2, 0.25) is 0 Å². The van der Waals surface area contributed by atoms with Crippen LogP contribution in [0, 0.1) is 0 Å². The summed E-state index contributed by atoms with van der Waals surface area (Å²) in [6.45, 7) is 3.62. The van der Waals surface area contributed by atoms with Crippen LogP contribution in [0.4, 0.5) is 4.79 Å². The van der Waals surface area contributed by atoms with Gasteiger partial charge in [-0.05, 0) is 11.1 Å². The summed E-state index contributed by atoms with van der Waals surface area (Å²) < 4.78 is 4.84. The van der Waals surface area contributed by atoms with Crippen molar-refractivity contribution in [2.45, 2.75) is 18.6 Å². The van der Waals surface area contributed by atoms with E-state index >= 15 is 0 Å². The highest BCUT2D eigenvalue weighted by atomic mass is 16.5. The summed E-state index contributed by atoms with van der Waals surface area (Å²) in [7, 11) is 0. The standard InChI is InChI=1S/C13H15NO3/c1-2-7-17-13(16)14-12-10-6-4-3-5-9(10)8-11(12)15/h2-6,11-12,15H,1,7-8H2,(H,14,16). The van der Waals surface area contributed by atoms with Crippen molar-refractivity contribution in [3.8, 4) is 0 Å². The predicted molar refractivity (Wildman–Crippen MR) is 63.6 cm³/mol. The Morgan fingerprint density at radius 2 is 2.35 bits per heavy atom. The smallest absolute Gasteiger partial charge is 0.408 e. The lowest BCUT2D eigenvalue weighted by Gasteiger charge is -2.17. The third kappa shape index (κ3) is 2.47. The average Bonchev–Trinajstić information content (AvgIpc) is 2.64. The summed E-state index contributed by atoms with van der Waals surface area (Å²) in [5.74, 6) is 0. The van der Waals surface area contributed by atoms with E-state index in [2.05, 4.69) is 11.9 Å². The Hall–Kier alpha value is -1.81. The highest BCUT2D eigenvalue weighted by Gasteiger charge is 2.32. The first-order chi connectivity index (χ1) is 8.22. The summed E-state index contributed by atoms with van der Waals surface area (Å²) in [4.78, 5) is 11.4. The van der Waals surface area contributed by atoms with Gasteiger partial charge in [-0.2, -0.15) is 0 Å². The molecule has 1 aromatic carbocycles. The maximum atomic E-state index is 11.4. The van der Waals surface area contributed by atoms with Gasteiger partial charge in [-0.1, -0.05) is 36.9 Å². The van der Waals surface area contributed by atoms with Gasteiger partial charge in [0.15, 0.2) is 0 Å². The molecular weight excluding hydrogens is 218 g/mol. The zero-order valence-electron chi connectivity index (χ0n) is 9.43. The number of rotatable bonds is 3. The molecular formula is C13H15NO3. The Morgan fingerprint density at radius 3 is 3.12 bits per heavy atom. The third-order valence-electron chi connectivity index (χ3n) is 2.81. The Labute approximate surface area is 99.9 Å². The zero-order chi connectivity index (χ0) is 12.3. The molecule has 4 heteroatoms. The van der Waals surface area contributed by atoms with Crippen LogP contribution in [0.25, 0.3) is 0 Å². The van der Waals surface area contributed by atoms with Crippen LogP contribution in [-0.4, -0.2) is 23.9 Å². The molecule has 0 spiro atoms. The molecule has 2 atom stereocenters. The number of fused-ring (bicyclic) bond motifs is 1. The molecule has 90 valence electrons. The molecule has 0 saturated carbocycles. The van der Waals surface area contributed by atoms with E-state index in [1.807, 2.05) is 24.3 Å². The van der Waals surface area contributed by atoms with Gasteiger partial charge < -0.3 is 15.2 Å². The van der Waals surface area contributed by atoms with Gasteiger partial charge >= 0.3 is 6.09 Å². The van der Waals surface area contributed by atoms with Gasteiger partial charge in [0.05, 0.1) is 12.1 Å². The van der Waals surface area contributed by atoms with E-state index in [1.165, 1.54) is 6.08 Å². The number of hydrogen-bond acceptors (Lipinski definition) is 3. The van der Waals surface area contributed by atoms with Gasteiger partial charge in [0.25, 0.3) is 0 Å². The maximum Gasteiger partial charge on any atom is 0.408 e. The van der Waals surface area contributed by atoms with Crippen LogP contribution in [0.1, 0.15) is 17.2 Å². The highest BCUT2D eigenvalue weighted by molar-refractivity contribution is 5.68. The van der Waals surface area contributed by atoms with Crippen LogP contribution in [0.3, 0.4) is 0 Å². The average molecular weight is 233 g/mol. The number of aliphatic hydroxyl groups is 1. The van der Waals surface area contributed by atoms with Crippen LogP contribution in [0.5, 0.6) is 0 Å². The molecule has 1 amide bonds. The molecule has 1 aliphatic rings. The third-order valence-corrected chi connectivity index (χ3v) is 2.81. The fraction of sp³-hybridized carbons (Fsp3) is 0.308. The van der Waals surface area contributed by atoms with E-state index in [0.717, 1.165) is 11.1 Å². The normalized spacial score (nSPS) is 21.7. The van der Waals surface area contributed by atoms with Crippen molar-refractivity contribution in [1.29, 1.82) is 0 Å². The van der Waals surface area contributed by atoms with Gasteiger partial charge in [0, 0.05) is 6.42 Å². The van der Waals surface area contributed by atoms with Crippen LogP contribution in [-0.2, 0) is 11.2 Å². The molecule has 1 aromatic rings. The summed E-state index contributed by atoms with van der Waals surface area (Å²) in [5.41, 5.74) is 2.02. The van der Waals surface area contributed by atoms with Crippen LogP contribution >= 0.6 is 0 Å². The topological polar surface area (TPSA) is 58.6 Å². The molecule has 17 heavy (non-hydrogen) atoms. The van der Waals surface area contributed by atoms with Crippen molar-refractivity contribution in [3.63, 3.8) is 0 Å². The van der Waals surface area contributed by atoms with Gasteiger partial charge in [-0.25, -0.2) is 4.79 Å². The lowest BCUT2D eigenvalue weighted by Crippen LogP contribution is -2.34. The molecule has 4 nitrogen and oxygen atoms in total. The fourth-order valence-electron chi connectivity index (χ4n) is 2.05. The van der Waals surface area contributed by atoms with E-state index in [4.69, 9.17) is 4.74 Å². The lowest BCUT2D eigenvalue weighted by molar-refractivity contribution is 0.118. The van der Waals surface area contributed by atoms with Crippen molar-refractivity contribution in [2.24, 2.45) is 0 Å². The molecule has 2 rings (SSSR count). The summed E-state index contributed by atoms with van der Waals surface area (Å²) in [6.07, 6.45) is 0.926. The second-order valence-electron chi connectivity index (χ2n) is 3.98. The van der Waals surface area contributed by atoms with Crippen molar-refractivity contribution in [2.75, 3.05) is 6.61 Å². The van der Waals surface area contributed by atoms with E-state index in [-0.39, 0.29) is 12.6 Å². The van der Waals surface area contributed by atoms with Crippen LogP contribution < -0.4 is 5.32 Å². The van der Waals surface area contributed by atoms with Gasteiger partial charge in [-0.15, -0.1) is 0 Å². The number of carbonyl (C=O) groups excluding carboxylic acids is 1. The Kier molecular flexibility index (Phi) is 3.44. The second kappa shape index (κ2) is 5.01. The monoisotopic (exact) mass is 233 g/mol. The molecule has 2 unspecified atom stereocenters. The predicted octanol–water partition coefficient (Wildman–Crippen LogP) is 1.56. The number of alkyl carbamates (subject to hydrolysis) is 1. The van der Waals surface area contributed by atoms with Gasteiger partial charge in [-0.3, -0.25) is 0 Å². The fourth-order valence-corrected chi connectivity index (χ4v) is 2.05. The minimum atomic E-state index is -0.594. The first-order valence-electron chi connectivity index (χ1n) is 5.52. The molecule has 0 radical (unpaired) electrons. The Balaban J connectivity index is 2.06. The molecule has 0 saturated heterocycles. The summed E-state index contributed by atoms with van der Waals surface area (Å²) in [6, 6.07) is 7.28. The van der Waals surface area contributed by atoms with Crippen molar-refractivity contribution in [3.05, 3.63) is 48.0 Å². The zero-order valence-corrected chi connectivity index (χ0v) is 9.43. The first-order valence-corrected chi connectivity index (χ1v) is 5.52. The largest absolute Gasteiger partial charge is 0.445 e. The van der Waals surface area contributed by atoms with Crippen molar-refractivity contribution >= 4 is 6.09 Å². The number of nitrogens with one attached hydrogen (secondary N) is 1. The quantitative estimate of drug-likeness (QED) is 0.779. The van der Waals surface area contributed by atoms with Crippen molar-refractivity contribution in [1.82, 2.24) is 5.32 Å². The number of benzene rings is 1. The van der Waals surface area contributed by atoms with Gasteiger partial charge in [0.1, 0.15) is 6.61 Å². The Bertz CT molecular complexity index is 430. The SMILES string of the molecule is C=CCOC(=O)NC1c2ccccc2CC1O. The molecule has 0 bridgehead atoms. The van der Waals surface area contributed by atoms with E-state index in [9.17, 15) is 9.90 Å². The minimum Gasteiger partial charge on any atom is -0.445 e. The number of ether oxygens (including phenoxy) is 1. The number of amides is 1. The second-order valence-corrected chi connectivity index (χ2v) is 3.98. The molecule has 0 aromatic heterocycles. The van der Waals surface area contributed by atoms with Crippen LogP contribution in [0.2, 0.25) is 0 Å². The maximum absolute atomic E-state index is 11.4. The Morgan fingerprint density at radius 1 is 1.59 bits per heavy atom. The molecule has 0 fully saturated rings. The van der Waals surface area contributed by atoms with Crippen LogP contribution in [0.15, 0.2) is 36.9 Å². The van der Waals surface area contributed by atoms with E-state index in [1.54, 1.807) is 0 Å². The molecule has 2 N–H and O–H groups in total. The number of carbonyl (C=O) groups is 1. The number of aliphatic hydroxyl groups excluding tert-OH is 1. The lowest BCUT2D eigenvalue weighted by atomic mass is 10.1. The molecule has 1 aliphatic carbocycles. The highest BCUT2D eigenvalue weighted by Crippen LogP contribution is 2.31. The summed E-state index contributed by atoms with van der Waals surface area (Å²) in [5, 5.41) is 12.6. The molecule has 0 heterocycles. The van der Waals surface area contributed by atoms with E-state index in [0.29, 0.717) is 6.42 Å². The summed E-state index contributed by atoms with van der Waals surface area (Å²) >= 11 is 0.